The highest BCUT2D eigenvalue weighted by Crippen LogP contribution is 2.18. The molecule has 1 aliphatic rings. The molecule has 9 heteroatoms. The Kier molecular flexibility index (Phi) is 4.49. The van der Waals surface area contributed by atoms with E-state index in [9.17, 15) is 13.6 Å². The first-order valence-corrected chi connectivity index (χ1v) is 8.41. The molecular weight excluding hydrogens is 354 g/mol. The zero-order chi connectivity index (χ0) is 18.8. The number of halogens is 2. The van der Waals surface area contributed by atoms with Crippen LogP contribution in [0, 0.1) is 11.6 Å². The second kappa shape index (κ2) is 7.10. The van der Waals surface area contributed by atoms with Crippen molar-refractivity contribution in [2.45, 2.75) is 0 Å². The van der Waals surface area contributed by atoms with Crippen molar-refractivity contribution in [2.24, 2.45) is 0 Å². The third kappa shape index (κ3) is 3.48. The van der Waals surface area contributed by atoms with Gasteiger partial charge in [-0.25, -0.2) is 23.7 Å². The minimum absolute atomic E-state index is 0.145. The van der Waals surface area contributed by atoms with Crippen molar-refractivity contribution >= 4 is 11.7 Å². The van der Waals surface area contributed by atoms with Gasteiger partial charge in [0.1, 0.15) is 24.3 Å². The molecule has 7 nitrogen and oxygen atoms in total. The first-order chi connectivity index (χ1) is 13.1. The molecule has 1 aliphatic heterocycles. The van der Waals surface area contributed by atoms with Crippen molar-refractivity contribution in [1.82, 2.24) is 24.4 Å². The molecule has 0 atom stereocenters. The number of carbonyl (C=O) groups is 1. The van der Waals surface area contributed by atoms with Crippen LogP contribution in [0.5, 0.6) is 0 Å². The molecule has 27 heavy (non-hydrogen) atoms. The molecule has 3 heterocycles. The fraction of sp³-hybridized carbons (Fsp3) is 0.222. The molecule has 0 spiro atoms. The van der Waals surface area contributed by atoms with Crippen LogP contribution in [0.3, 0.4) is 0 Å². The highest BCUT2D eigenvalue weighted by Gasteiger charge is 2.24. The van der Waals surface area contributed by atoms with Crippen molar-refractivity contribution in [3.63, 3.8) is 0 Å². The first kappa shape index (κ1) is 17.1. The maximum atomic E-state index is 13.4. The maximum Gasteiger partial charge on any atom is 0.254 e. The number of anilines is 1. The van der Waals surface area contributed by atoms with Gasteiger partial charge in [0.15, 0.2) is 11.6 Å². The number of rotatable bonds is 3. The van der Waals surface area contributed by atoms with Gasteiger partial charge >= 0.3 is 0 Å². The summed E-state index contributed by atoms with van der Waals surface area (Å²) in [7, 11) is 0. The third-order valence-electron chi connectivity index (χ3n) is 4.46. The lowest BCUT2D eigenvalue weighted by atomic mass is 10.1. The van der Waals surface area contributed by atoms with Crippen LogP contribution in [-0.2, 0) is 0 Å². The Labute approximate surface area is 153 Å². The van der Waals surface area contributed by atoms with E-state index in [-0.39, 0.29) is 11.5 Å². The Bertz CT molecular complexity index is 954. The van der Waals surface area contributed by atoms with Crippen LogP contribution >= 0.6 is 0 Å². The summed E-state index contributed by atoms with van der Waals surface area (Å²) in [6, 6.07) is 5.06. The molecule has 0 aliphatic carbocycles. The van der Waals surface area contributed by atoms with Crippen LogP contribution in [0.15, 0.2) is 49.3 Å². The van der Waals surface area contributed by atoms with Crippen molar-refractivity contribution in [1.29, 1.82) is 0 Å². The van der Waals surface area contributed by atoms with Crippen LogP contribution in [0.1, 0.15) is 10.4 Å². The van der Waals surface area contributed by atoms with Crippen LogP contribution in [-0.4, -0.2) is 56.5 Å². The summed E-state index contributed by atoms with van der Waals surface area (Å²) in [5, 5.41) is 0. The first-order valence-electron chi connectivity index (χ1n) is 8.41. The number of benzene rings is 1. The largest absolute Gasteiger partial charge is 0.353 e. The third-order valence-corrected chi connectivity index (χ3v) is 4.46. The van der Waals surface area contributed by atoms with Gasteiger partial charge in [-0.3, -0.25) is 9.36 Å². The molecule has 2 aromatic heterocycles. The SMILES string of the molecule is O=C(c1ccc(F)c(F)c1)N1CCN(c2cc(-n3ccnc3)ncn2)CC1. The van der Waals surface area contributed by atoms with E-state index in [1.807, 2.05) is 6.07 Å². The zero-order valence-corrected chi connectivity index (χ0v) is 14.3. The highest BCUT2D eigenvalue weighted by molar-refractivity contribution is 5.94. The molecule has 0 N–H and O–H groups in total. The van der Waals surface area contributed by atoms with E-state index < -0.39 is 11.6 Å². The van der Waals surface area contributed by atoms with Gasteiger partial charge in [0, 0.05) is 50.2 Å². The zero-order valence-electron chi connectivity index (χ0n) is 14.3. The average molecular weight is 370 g/mol. The molecule has 3 aromatic rings. The molecule has 4 rings (SSSR count). The van der Waals surface area contributed by atoms with Crippen LogP contribution in [0.2, 0.25) is 0 Å². The molecule has 138 valence electrons. The predicted octanol–water partition coefficient (Wildman–Crippen LogP) is 1.90. The van der Waals surface area contributed by atoms with Gasteiger partial charge < -0.3 is 9.80 Å². The van der Waals surface area contributed by atoms with E-state index in [2.05, 4.69) is 19.9 Å². The lowest BCUT2D eigenvalue weighted by Crippen LogP contribution is -2.49. The molecule has 0 saturated carbocycles. The summed E-state index contributed by atoms with van der Waals surface area (Å²) < 4.78 is 28.2. The number of imidazole rings is 1. The second-order valence-corrected chi connectivity index (χ2v) is 6.11. The number of piperazine rings is 1. The van der Waals surface area contributed by atoms with Crippen molar-refractivity contribution in [3.05, 3.63) is 66.5 Å². The average Bonchev–Trinajstić information content (AvgIpc) is 3.25. The lowest BCUT2D eigenvalue weighted by Gasteiger charge is -2.35. The number of nitrogens with zero attached hydrogens (tertiary/aromatic N) is 6. The number of aromatic nitrogens is 4. The number of hydrogen-bond acceptors (Lipinski definition) is 5. The van der Waals surface area contributed by atoms with E-state index in [1.54, 1.807) is 28.2 Å². The van der Waals surface area contributed by atoms with Gasteiger partial charge in [0.25, 0.3) is 5.91 Å². The van der Waals surface area contributed by atoms with Crippen LogP contribution in [0.4, 0.5) is 14.6 Å². The molecule has 0 radical (unpaired) electrons. The molecule has 0 bridgehead atoms. The molecule has 1 aromatic carbocycles. The topological polar surface area (TPSA) is 67.2 Å². The smallest absolute Gasteiger partial charge is 0.254 e. The molecular formula is C18H16F2N6O. The number of hydrogen-bond donors (Lipinski definition) is 0. The monoisotopic (exact) mass is 370 g/mol. The quantitative estimate of drug-likeness (QED) is 0.705. The summed E-state index contributed by atoms with van der Waals surface area (Å²) in [6.07, 6.45) is 6.61. The highest BCUT2D eigenvalue weighted by atomic mass is 19.2. The molecule has 0 unspecified atom stereocenters. The fourth-order valence-electron chi connectivity index (χ4n) is 3.00. The van der Waals surface area contributed by atoms with Crippen molar-refractivity contribution in [2.75, 3.05) is 31.1 Å². The van der Waals surface area contributed by atoms with Gasteiger partial charge in [-0.05, 0) is 18.2 Å². The summed E-state index contributed by atoms with van der Waals surface area (Å²) in [5.74, 6) is -0.830. The van der Waals surface area contributed by atoms with Crippen LogP contribution < -0.4 is 4.90 Å². The maximum absolute atomic E-state index is 13.4. The second-order valence-electron chi connectivity index (χ2n) is 6.11. The van der Waals surface area contributed by atoms with E-state index in [1.165, 1.54) is 12.4 Å². The predicted molar refractivity (Wildman–Crippen MR) is 93.6 cm³/mol. The van der Waals surface area contributed by atoms with Gasteiger partial charge in [-0.1, -0.05) is 0 Å². The molecule has 1 fully saturated rings. The minimum Gasteiger partial charge on any atom is -0.353 e. The van der Waals surface area contributed by atoms with Gasteiger partial charge in [-0.15, -0.1) is 0 Å². The van der Waals surface area contributed by atoms with Crippen LogP contribution in [0.25, 0.3) is 5.82 Å². The Hall–Kier alpha value is -3.36. The minimum atomic E-state index is -1.02. The number of amides is 1. The van der Waals surface area contributed by atoms with Crippen molar-refractivity contribution in [3.8, 4) is 5.82 Å². The Balaban J connectivity index is 1.44. The van der Waals surface area contributed by atoms with E-state index in [0.29, 0.717) is 32.0 Å². The fourth-order valence-corrected chi connectivity index (χ4v) is 3.00. The van der Waals surface area contributed by atoms with E-state index in [4.69, 9.17) is 0 Å². The summed E-state index contributed by atoms with van der Waals surface area (Å²) >= 11 is 0. The summed E-state index contributed by atoms with van der Waals surface area (Å²) in [5.41, 5.74) is 0.145. The molecule has 1 amide bonds. The van der Waals surface area contributed by atoms with E-state index in [0.717, 1.165) is 18.0 Å². The Morgan fingerprint density at radius 2 is 1.74 bits per heavy atom. The Morgan fingerprint density at radius 3 is 2.44 bits per heavy atom. The number of carbonyl (C=O) groups excluding carboxylic acids is 1. The van der Waals surface area contributed by atoms with E-state index >= 15 is 0 Å². The summed E-state index contributed by atoms with van der Waals surface area (Å²) in [4.78, 5) is 28.7. The normalized spacial score (nSPS) is 14.4. The molecule has 1 saturated heterocycles. The van der Waals surface area contributed by atoms with Crippen molar-refractivity contribution < 1.29 is 13.6 Å². The summed E-state index contributed by atoms with van der Waals surface area (Å²) in [6.45, 7) is 2.08. The van der Waals surface area contributed by atoms with Gasteiger partial charge in [0.05, 0.1) is 0 Å². The standard InChI is InChI=1S/C18H16F2N6O/c19-14-2-1-13(9-15(14)20)18(27)25-7-5-24(6-8-25)16-10-17(23-11-22-16)26-4-3-21-12-26/h1-4,9-12H,5-8H2. The lowest BCUT2D eigenvalue weighted by molar-refractivity contribution is 0.0746. The van der Waals surface area contributed by atoms with Gasteiger partial charge in [0.2, 0.25) is 0 Å². The van der Waals surface area contributed by atoms with Gasteiger partial charge in [-0.2, -0.15) is 0 Å². The Morgan fingerprint density at radius 1 is 0.963 bits per heavy atom.